The highest BCUT2D eigenvalue weighted by Crippen LogP contribution is 2.27. The Morgan fingerprint density at radius 1 is 1.38 bits per heavy atom. The molecule has 1 aliphatic heterocycles. The second-order valence-corrected chi connectivity index (χ2v) is 5.06. The van der Waals surface area contributed by atoms with E-state index in [4.69, 9.17) is 5.73 Å². The Kier molecular flexibility index (Phi) is 1.63. The third kappa shape index (κ3) is 1.31. The van der Waals surface area contributed by atoms with Crippen molar-refractivity contribution in [3.8, 4) is 0 Å². The predicted octanol–water partition coefficient (Wildman–Crippen LogP) is 1.10. The van der Waals surface area contributed by atoms with Crippen LogP contribution in [-0.2, 0) is 9.73 Å². The van der Waals surface area contributed by atoms with E-state index in [1.54, 1.807) is 18.4 Å². The topological polar surface area (TPSA) is 67.8 Å². The normalized spacial score (nSPS) is 25.8. The minimum atomic E-state index is -2.37. The summed E-state index contributed by atoms with van der Waals surface area (Å²) in [5, 5.41) is 0. The van der Waals surface area contributed by atoms with E-state index in [0.29, 0.717) is 10.6 Å². The van der Waals surface area contributed by atoms with E-state index in [-0.39, 0.29) is 5.96 Å². The average molecular weight is 195 g/mol. The zero-order valence-corrected chi connectivity index (χ0v) is 7.91. The minimum absolute atomic E-state index is 0.0891. The number of nitrogens with zero attached hydrogens (tertiary/aromatic N) is 2. The van der Waals surface area contributed by atoms with Crippen LogP contribution in [0.25, 0.3) is 0 Å². The van der Waals surface area contributed by atoms with Crippen LogP contribution in [0.1, 0.15) is 0 Å². The van der Waals surface area contributed by atoms with Gasteiger partial charge in [-0.05, 0) is 12.1 Å². The van der Waals surface area contributed by atoms with E-state index in [0.717, 1.165) is 0 Å². The van der Waals surface area contributed by atoms with Crippen LogP contribution in [0, 0.1) is 0 Å². The fourth-order valence-corrected chi connectivity index (χ4v) is 2.57. The maximum atomic E-state index is 11.9. The van der Waals surface area contributed by atoms with Crippen molar-refractivity contribution in [3.05, 3.63) is 24.3 Å². The fraction of sp³-hybridized carbons (Fsp3) is 0.125. The number of fused-ring (bicyclic) bond motifs is 1. The first kappa shape index (κ1) is 8.25. The van der Waals surface area contributed by atoms with Crippen LogP contribution in [0.2, 0.25) is 0 Å². The van der Waals surface area contributed by atoms with Gasteiger partial charge in [-0.15, -0.1) is 0 Å². The standard InChI is InChI=1S/C8H9N3OS/c1-13(12)7-5-3-2-4-6(7)10-8(9)11-13/h2-5H,1H3,(H2,9,10,11,12). The molecule has 5 heteroatoms. The van der Waals surface area contributed by atoms with Gasteiger partial charge in [0, 0.05) is 6.26 Å². The van der Waals surface area contributed by atoms with Crippen LogP contribution < -0.4 is 5.73 Å². The second-order valence-electron chi connectivity index (χ2n) is 2.83. The summed E-state index contributed by atoms with van der Waals surface area (Å²) in [5.74, 6) is 0.0891. The maximum absolute atomic E-state index is 11.9. The summed E-state index contributed by atoms with van der Waals surface area (Å²) in [6.07, 6.45) is 1.56. The van der Waals surface area contributed by atoms with Crippen LogP contribution in [0.15, 0.2) is 38.5 Å². The van der Waals surface area contributed by atoms with Crippen molar-refractivity contribution in [1.82, 2.24) is 0 Å². The van der Waals surface area contributed by atoms with Gasteiger partial charge < -0.3 is 5.73 Å². The molecule has 2 rings (SSSR count). The number of hydrogen-bond acceptors (Lipinski definition) is 4. The zero-order valence-electron chi connectivity index (χ0n) is 7.10. The average Bonchev–Trinajstić information content (AvgIpc) is 2.02. The minimum Gasteiger partial charge on any atom is -0.367 e. The highest BCUT2D eigenvalue weighted by Gasteiger charge is 2.15. The molecule has 1 unspecified atom stereocenters. The Labute approximate surface area is 76.7 Å². The van der Waals surface area contributed by atoms with Gasteiger partial charge in [0.05, 0.1) is 20.3 Å². The van der Waals surface area contributed by atoms with Gasteiger partial charge in [0.1, 0.15) is 0 Å². The van der Waals surface area contributed by atoms with Crippen molar-refractivity contribution in [1.29, 1.82) is 0 Å². The van der Waals surface area contributed by atoms with E-state index in [9.17, 15) is 4.21 Å². The van der Waals surface area contributed by atoms with Crippen LogP contribution in [0.4, 0.5) is 5.69 Å². The van der Waals surface area contributed by atoms with Gasteiger partial charge in [0.25, 0.3) is 0 Å². The van der Waals surface area contributed by atoms with Crippen LogP contribution in [0.5, 0.6) is 0 Å². The van der Waals surface area contributed by atoms with E-state index in [1.165, 1.54) is 0 Å². The predicted molar refractivity (Wildman–Crippen MR) is 52.5 cm³/mol. The molecular formula is C8H9N3OS. The van der Waals surface area contributed by atoms with Gasteiger partial charge in [0.15, 0.2) is 0 Å². The zero-order chi connectivity index (χ0) is 9.47. The summed E-state index contributed by atoms with van der Waals surface area (Å²) in [7, 11) is -2.37. The number of aliphatic imine (C=N–C) groups is 1. The smallest absolute Gasteiger partial charge is 0.229 e. The van der Waals surface area contributed by atoms with Gasteiger partial charge in [-0.3, -0.25) is 0 Å². The Morgan fingerprint density at radius 2 is 2.08 bits per heavy atom. The van der Waals surface area contributed by atoms with Crippen molar-refractivity contribution in [2.24, 2.45) is 15.1 Å². The fourth-order valence-electron chi connectivity index (χ4n) is 1.24. The van der Waals surface area contributed by atoms with E-state index in [2.05, 4.69) is 9.36 Å². The summed E-state index contributed by atoms with van der Waals surface area (Å²) >= 11 is 0. The lowest BCUT2D eigenvalue weighted by Crippen LogP contribution is -2.15. The van der Waals surface area contributed by atoms with Crippen LogP contribution in [-0.4, -0.2) is 16.4 Å². The number of rotatable bonds is 0. The summed E-state index contributed by atoms with van der Waals surface area (Å²) < 4.78 is 15.7. The molecule has 0 fully saturated rings. The quantitative estimate of drug-likeness (QED) is 0.673. The molecule has 0 saturated carbocycles. The molecule has 0 aromatic heterocycles. The van der Waals surface area contributed by atoms with E-state index < -0.39 is 9.73 Å². The SMILES string of the molecule is CS1(=O)=NC(N)=Nc2ccccc21. The molecule has 0 spiro atoms. The molecule has 1 aromatic carbocycles. The third-order valence-corrected chi connectivity index (χ3v) is 3.47. The lowest BCUT2D eigenvalue weighted by Gasteiger charge is -2.11. The summed E-state index contributed by atoms with van der Waals surface area (Å²) in [5.41, 5.74) is 6.08. The first-order valence-corrected chi connectivity index (χ1v) is 5.67. The van der Waals surface area contributed by atoms with Crippen molar-refractivity contribution in [2.45, 2.75) is 4.90 Å². The van der Waals surface area contributed by atoms with Gasteiger partial charge >= 0.3 is 0 Å². The molecule has 1 heterocycles. The molecule has 0 saturated heterocycles. The van der Waals surface area contributed by atoms with Crippen molar-refractivity contribution in [3.63, 3.8) is 0 Å². The van der Waals surface area contributed by atoms with Gasteiger partial charge in [-0.25, -0.2) is 9.20 Å². The van der Waals surface area contributed by atoms with Crippen molar-refractivity contribution < 1.29 is 4.21 Å². The lowest BCUT2D eigenvalue weighted by atomic mass is 10.3. The molecule has 0 bridgehead atoms. The number of para-hydroxylation sites is 1. The van der Waals surface area contributed by atoms with Crippen molar-refractivity contribution >= 4 is 21.4 Å². The molecule has 68 valence electrons. The van der Waals surface area contributed by atoms with Gasteiger partial charge in [-0.1, -0.05) is 12.1 Å². The Morgan fingerprint density at radius 3 is 2.85 bits per heavy atom. The third-order valence-electron chi connectivity index (χ3n) is 1.78. The second kappa shape index (κ2) is 2.56. The van der Waals surface area contributed by atoms with Crippen LogP contribution in [0.3, 0.4) is 0 Å². The molecule has 1 aliphatic rings. The van der Waals surface area contributed by atoms with E-state index in [1.807, 2.05) is 12.1 Å². The first-order valence-electron chi connectivity index (χ1n) is 3.75. The Balaban J connectivity index is 2.83. The monoisotopic (exact) mass is 195 g/mol. The van der Waals surface area contributed by atoms with E-state index >= 15 is 0 Å². The molecule has 1 atom stereocenters. The largest absolute Gasteiger partial charge is 0.367 e. The number of benzene rings is 1. The number of guanidine groups is 1. The Bertz CT molecular complexity index is 498. The molecule has 1 aromatic rings. The number of nitrogens with two attached hydrogens (primary N) is 1. The van der Waals surface area contributed by atoms with Crippen molar-refractivity contribution in [2.75, 3.05) is 6.26 Å². The molecule has 2 N–H and O–H groups in total. The molecule has 0 radical (unpaired) electrons. The lowest BCUT2D eigenvalue weighted by molar-refractivity contribution is 0.680. The molecular weight excluding hydrogens is 186 g/mol. The van der Waals surface area contributed by atoms with Gasteiger partial charge in [0.2, 0.25) is 5.96 Å². The molecule has 13 heavy (non-hydrogen) atoms. The number of hydrogen-bond donors (Lipinski definition) is 1. The van der Waals surface area contributed by atoms with Gasteiger partial charge in [-0.2, -0.15) is 4.36 Å². The summed E-state index contributed by atoms with van der Waals surface area (Å²) in [4.78, 5) is 4.65. The first-order chi connectivity index (χ1) is 6.09. The Hall–Kier alpha value is -1.36. The molecule has 0 aliphatic carbocycles. The highest BCUT2D eigenvalue weighted by atomic mass is 32.2. The summed E-state index contributed by atoms with van der Waals surface area (Å²) in [6, 6.07) is 7.18. The summed E-state index contributed by atoms with van der Waals surface area (Å²) in [6.45, 7) is 0. The maximum Gasteiger partial charge on any atom is 0.229 e. The molecule has 0 amide bonds. The van der Waals surface area contributed by atoms with Crippen LogP contribution >= 0.6 is 0 Å². The molecule has 4 nitrogen and oxygen atoms in total. The highest BCUT2D eigenvalue weighted by molar-refractivity contribution is 7.93.